The van der Waals surface area contributed by atoms with Gasteiger partial charge in [0, 0.05) is 19.0 Å². The van der Waals surface area contributed by atoms with Gasteiger partial charge in [-0.2, -0.15) is 0 Å². The number of benzene rings is 1. The van der Waals surface area contributed by atoms with E-state index in [-0.39, 0.29) is 11.8 Å². The van der Waals surface area contributed by atoms with Crippen molar-refractivity contribution in [2.75, 3.05) is 33.9 Å². The van der Waals surface area contributed by atoms with E-state index in [0.717, 1.165) is 43.0 Å². The number of methoxy groups -OCH3 is 2. The van der Waals surface area contributed by atoms with Gasteiger partial charge in [0.1, 0.15) is 17.8 Å². The molecule has 0 saturated carbocycles. The van der Waals surface area contributed by atoms with Crippen molar-refractivity contribution in [1.82, 2.24) is 15.6 Å². The lowest BCUT2D eigenvalue weighted by Gasteiger charge is -2.19. The van der Waals surface area contributed by atoms with Crippen molar-refractivity contribution in [1.29, 1.82) is 0 Å². The van der Waals surface area contributed by atoms with Crippen LogP contribution in [0.3, 0.4) is 0 Å². The lowest BCUT2D eigenvalue weighted by molar-refractivity contribution is 0.0949. The van der Waals surface area contributed by atoms with Crippen LogP contribution in [0.25, 0.3) is 0 Å². The van der Waals surface area contributed by atoms with E-state index in [0.29, 0.717) is 24.6 Å². The maximum absolute atomic E-state index is 12.3. The number of carbonyl (C=O) groups is 1. The molecule has 26 heavy (non-hydrogen) atoms. The Balaban J connectivity index is 1.55. The van der Waals surface area contributed by atoms with Crippen molar-refractivity contribution in [3.05, 3.63) is 41.6 Å². The summed E-state index contributed by atoms with van der Waals surface area (Å²) >= 11 is 0. The SMILES string of the molecule is COc1ccc(OC)c(CCNC(=O)c2coc(C3CCCNC3)n2)c1. The highest BCUT2D eigenvalue weighted by atomic mass is 16.5. The lowest BCUT2D eigenvalue weighted by atomic mass is 10.00. The van der Waals surface area contributed by atoms with Gasteiger partial charge in [0.2, 0.25) is 0 Å². The van der Waals surface area contributed by atoms with Gasteiger partial charge in [-0.15, -0.1) is 0 Å². The second kappa shape index (κ2) is 8.71. The second-order valence-electron chi connectivity index (χ2n) is 6.30. The third kappa shape index (κ3) is 4.35. The zero-order valence-corrected chi connectivity index (χ0v) is 15.2. The van der Waals surface area contributed by atoms with Crippen LogP contribution in [-0.4, -0.2) is 44.7 Å². The molecule has 1 aromatic carbocycles. The van der Waals surface area contributed by atoms with Gasteiger partial charge in [-0.05, 0) is 49.6 Å². The van der Waals surface area contributed by atoms with Gasteiger partial charge in [-0.1, -0.05) is 0 Å². The number of nitrogens with one attached hydrogen (secondary N) is 2. The normalized spacial score (nSPS) is 16.9. The summed E-state index contributed by atoms with van der Waals surface area (Å²) in [4.78, 5) is 16.7. The number of piperidine rings is 1. The summed E-state index contributed by atoms with van der Waals surface area (Å²) in [6.45, 7) is 2.34. The van der Waals surface area contributed by atoms with Crippen molar-refractivity contribution in [3.63, 3.8) is 0 Å². The molecule has 1 amide bonds. The highest BCUT2D eigenvalue weighted by molar-refractivity contribution is 5.91. The third-order valence-corrected chi connectivity index (χ3v) is 4.57. The third-order valence-electron chi connectivity index (χ3n) is 4.57. The number of oxazole rings is 1. The molecule has 0 spiro atoms. The quantitative estimate of drug-likeness (QED) is 0.788. The van der Waals surface area contributed by atoms with Crippen LogP contribution in [0.1, 0.15) is 40.7 Å². The van der Waals surface area contributed by atoms with Crippen molar-refractivity contribution in [2.24, 2.45) is 0 Å². The van der Waals surface area contributed by atoms with Gasteiger partial charge >= 0.3 is 0 Å². The number of ether oxygens (including phenoxy) is 2. The Kier molecular flexibility index (Phi) is 6.12. The summed E-state index contributed by atoms with van der Waals surface area (Å²) in [6, 6.07) is 5.62. The Bertz CT molecular complexity index is 738. The minimum atomic E-state index is -0.231. The molecule has 1 unspecified atom stereocenters. The molecule has 2 heterocycles. The van der Waals surface area contributed by atoms with Crippen LogP contribution in [0, 0.1) is 0 Å². The van der Waals surface area contributed by atoms with Gasteiger partial charge < -0.3 is 24.5 Å². The van der Waals surface area contributed by atoms with Gasteiger partial charge in [-0.25, -0.2) is 4.98 Å². The summed E-state index contributed by atoms with van der Waals surface area (Å²) in [6.07, 6.45) is 4.19. The molecule has 1 aliphatic heterocycles. The standard InChI is InChI=1S/C19H25N3O4/c1-24-15-5-6-17(25-2)13(10-15)7-9-21-18(23)16-12-26-19(22-16)14-4-3-8-20-11-14/h5-6,10,12,14,20H,3-4,7-9,11H2,1-2H3,(H,21,23). The Morgan fingerprint density at radius 2 is 2.27 bits per heavy atom. The van der Waals surface area contributed by atoms with Crippen LogP contribution >= 0.6 is 0 Å². The highest BCUT2D eigenvalue weighted by Gasteiger charge is 2.21. The van der Waals surface area contributed by atoms with E-state index in [9.17, 15) is 4.79 Å². The first-order chi connectivity index (χ1) is 12.7. The fourth-order valence-corrected chi connectivity index (χ4v) is 3.12. The molecule has 7 nitrogen and oxygen atoms in total. The highest BCUT2D eigenvalue weighted by Crippen LogP contribution is 2.24. The van der Waals surface area contributed by atoms with Gasteiger partial charge in [-0.3, -0.25) is 4.79 Å². The largest absolute Gasteiger partial charge is 0.497 e. The summed E-state index contributed by atoms with van der Waals surface area (Å²) in [5.41, 5.74) is 1.30. The number of amides is 1. The Morgan fingerprint density at radius 1 is 1.38 bits per heavy atom. The number of aromatic nitrogens is 1. The maximum Gasteiger partial charge on any atom is 0.273 e. The minimum absolute atomic E-state index is 0.231. The maximum atomic E-state index is 12.3. The molecule has 0 aliphatic carbocycles. The molecule has 3 rings (SSSR count). The van der Waals surface area contributed by atoms with E-state index in [1.807, 2.05) is 18.2 Å². The van der Waals surface area contributed by atoms with E-state index in [1.54, 1.807) is 14.2 Å². The summed E-state index contributed by atoms with van der Waals surface area (Å²) < 4.78 is 16.1. The average molecular weight is 359 g/mol. The Hall–Kier alpha value is -2.54. The smallest absolute Gasteiger partial charge is 0.273 e. The molecule has 7 heteroatoms. The molecule has 1 fully saturated rings. The first-order valence-corrected chi connectivity index (χ1v) is 8.86. The fraction of sp³-hybridized carbons (Fsp3) is 0.474. The molecular weight excluding hydrogens is 334 g/mol. The van der Waals surface area contributed by atoms with Crippen LogP contribution in [0.2, 0.25) is 0 Å². The van der Waals surface area contributed by atoms with Crippen molar-refractivity contribution in [2.45, 2.75) is 25.2 Å². The Labute approximate surface area is 153 Å². The topological polar surface area (TPSA) is 85.6 Å². The van der Waals surface area contributed by atoms with Gasteiger partial charge in [0.15, 0.2) is 11.6 Å². The number of rotatable bonds is 7. The average Bonchev–Trinajstić information content (AvgIpc) is 3.19. The zero-order chi connectivity index (χ0) is 18.4. The van der Waals surface area contributed by atoms with Crippen LogP contribution in [0.5, 0.6) is 11.5 Å². The number of hydrogen-bond acceptors (Lipinski definition) is 6. The van der Waals surface area contributed by atoms with Crippen LogP contribution in [-0.2, 0) is 6.42 Å². The molecule has 2 N–H and O–H groups in total. The first kappa shape index (κ1) is 18.3. The van der Waals surface area contributed by atoms with Crippen molar-refractivity contribution >= 4 is 5.91 Å². The molecule has 2 aromatic rings. The predicted molar refractivity (Wildman–Crippen MR) is 96.9 cm³/mol. The lowest BCUT2D eigenvalue weighted by Crippen LogP contribution is -2.29. The summed E-state index contributed by atoms with van der Waals surface area (Å²) in [5.74, 6) is 2.18. The molecule has 140 valence electrons. The molecule has 1 atom stereocenters. The molecule has 1 aliphatic rings. The molecule has 0 radical (unpaired) electrons. The first-order valence-electron chi connectivity index (χ1n) is 8.86. The molecule has 1 saturated heterocycles. The van der Waals surface area contributed by atoms with E-state index in [2.05, 4.69) is 15.6 Å². The van der Waals surface area contributed by atoms with Crippen LogP contribution in [0.4, 0.5) is 0 Å². The van der Waals surface area contributed by atoms with Gasteiger partial charge in [0.05, 0.1) is 14.2 Å². The summed E-state index contributed by atoms with van der Waals surface area (Å²) in [7, 11) is 3.25. The van der Waals surface area contributed by atoms with E-state index in [4.69, 9.17) is 13.9 Å². The van der Waals surface area contributed by atoms with Crippen LogP contribution < -0.4 is 20.1 Å². The Morgan fingerprint density at radius 3 is 3.00 bits per heavy atom. The monoisotopic (exact) mass is 359 g/mol. The predicted octanol–water partition coefficient (Wildman–Crippen LogP) is 2.13. The van der Waals surface area contributed by atoms with Gasteiger partial charge in [0.25, 0.3) is 5.91 Å². The molecule has 0 bridgehead atoms. The van der Waals surface area contributed by atoms with E-state index in [1.165, 1.54) is 6.26 Å². The second-order valence-corrected chi connectivity index (χ2v) is 6.30. The fourth-order valence-electron chi connectivity index (χ4n) is 3.12. The number of hydrogen-bond donors (Lipinski definition) is 2. The van der Waals surface area contributed by atoms with Crippen molar-refractivity contribution < 1.29 is 18.7 Å². The minimum Gasteiger partial charge on any atom is -0.497 e. The van der Waals surface area contributed by atoms with E-state index >= 15 is 0 Å². The number of carbonyl (C=O) groups excluding carboxylic acids is 1. The number of nitrogens with zero attached hydrogens (tertiary/aromatic N) is 1. The zero-order valence-electron chi connectivity index (χ0n) is 15.2. The van der Waals surface area contributed by atoms with Crippen molar-refractivity contribution in [3.8, 4) is 11.5 Å². The van der Waals surface area contributed by atoms with E-state index < -0.39 is 0 Å². The molecular formula is C19H25N3O4. The summed E-state index contributed by atoms with van der Waals surface area (Å²) in [5, 5.41) is 6.20. The van der Waals surface area contributed by atoms with Crippen LogP contribution in [0.15, 0.2) is 28.9 Å². The molecule has 1 aromatic heterocycles.